The van der Waals surface area contributed by atoms with E-state index in [0.717, 1.165) is 54.5 Å². The molecule has 8 heteroatoms. The zero-order valence-electron chi connectivity index (χ0n) is 22.8. The fraction of sp³-hybridized carbons (Fsp3) is 0.500. The third kappa shape index (κ3) is 6.35. The Bertz CT molecular complexity index is 1170. The number of rotatable bonds is 8. The number of Topliss-reactive ketones (excluding diaryl/α,β-unsaturated/α-hetero) is 1. The lowest BCUT2D eigenvalue weighted by Gasteiger charge is -2.37. The largest absolute Gasteiger partial charge is 0.487 e. The van der Waals surface area contributed by atoms with Gasteiger partial charge >= 0.3 is 6.09 Å². The standard InChI is InChI=1S/C30H39N3O5/c1-20(34)30(3,36-4)26-13-11-22-18-23(10-12-25(22)38-26)27(31)33-29(2)16-14-24(15-17-29)32-28(35)37-19-21-8-6-5-7-9-21/h5-10,12,18,24,26H,11,13-17,19H2,1-4H3,(H2,31,33)(H,32,35)/t24?,26-,29?,30-/m1/s1. The summed E-state index contributed by atoms with van der Waals surface area (Å²) in [5, 5.41) is 2.99. The van der Waals surface area contributed by atoms with Crippen molar-refractivity contribution in [2.75, 3.05) is 7.11 Å². The Balaban J connectivity index is 1.32. The van der Waals surface area contributed by atoms with E-state index < -0.39 is 11.7 Å². The Kier molecular flexibility index (Phi) is 8.41. The molecule has 3 N–H and O–H groups in total. The molecule has 0 saturated heterocycles. The number of aliphatic imine (C=N–C) groups is 1. The minimum absolute atomic E-state index is 0.0521. The fourth-order valence-corrected chi connectivity index (χ4v) is 5.22. The van der Waals surface area contributed by atoms with Crippen LogP contribution in [0.1, 0.15) is 69.6 Å². The van der Waals surface area contributed by atoms with Gasteiger partial charge in [0.25, 0.3) is 0 Å². The second kappa shape index (κ2) is 11.6. The number of hydrogen-bond acceptors (Lipinski definition) is 6. The highest BCUT2D eigenvalue weighted by molar-refractivity contribution is 5.98. The van der Waals surface area contributed by atoms with E-state index in [2.05, 4.69) is 12.2 Å². The van der Waals surface area contributed by atoms with Gasteiger partial charge in [-0.3, -0.25) is 9.79 Å². The summed E-state index contributed by atoms with van der Waals surface area (Å²) in [5.41, 5.74) is 8.06. The van der Waals surface area contributed by atoms with Crippen LogP contribution in [0.15, 0.2) is 53.5 Å². The van der Waals surface area contributed by atoms with Crippen molar-refractivity contribution in [3.8, 4) is 5.75 Å². The average molecular weight is 522 g/mol. The summed E-state index contributed by atoms with van der Waals surface area (Å²) >= 11 is 0. The predicted molar refractivity (Wildman–Crippen MR) is 146 cm³/mol. The molecular weight excluding hydrogens is 482 g/mol. The van der Waals surface area contributed by atoms with Gasteiger partial charge in [-0.1, -0.05) is 30.3 Å². The van der Waals surface area contributed by atoms with Crippen LogP contribution >= 0.6 is 0 Å². The quantitative estimate of drug-likeness (QED) is 0.384. The Morgan fingerprint density at radius 3 is 2.53 bits per heavy atom. The van der Waals surface area contributed by atoms with Crippen LogP contribution in [-0.4, -0.2) is 48.1 Å². The van der Waals surface area contributed by atoms with Crippen LogP contribution in [-0.2, 0) is 27.3 Å². The van der Waals surface area contributed by atoms with E-state index in [4.69, 9.17) is 24.9 Å². The van der Waals surface area contributed by atoms with Gasteiger partial charge in [-0.05, 0) is 88.6 Å². The van der Waals surface area contributed by atoms with Crippen molar-refractivity contribution in [2.45, 2.75) is 89.2 Å². The van der Waals surface area contributed by atoms with E-state index in [1.165, 1.54) is 6.92 Å². The average Bonchev–Trinajstić information content (AvgIpc) is 2.92. The summed E-state index contributed by atoms with van der Waals surface area (Å²) in [6, 6.07) is 15.5. The number of hydrogen-bond donors (Lipinski definition) is 2. The molecule has 0 aromatic heterocycles. The number of nitrogens with one attached hydrogen (secondary N) is 1. The number of nitrogens with two attached hydrogens (primary N) is 1. The molecule has 38 heavy (non-hydrogen) atoms. The third-order valence-electron chi connectivity index (χ3n) is 8.03. The number of ether oxygens (including phenoxy) is 3. The molecule has 1 aliphatic carbocycles. The Labute approximate surface area is 224 Å². The molecule has 204 valence electrons. The fourth-order valence-electron chi connectivity index (χ4n) is 5.22. The molecule has 0 bridgehead atoms. The number of fused-ring (bicyclic) bond motifs is 1. The molecule has 1 aliphatic heterocycles. The van der Waals surface area contributed by atoms with Gasteiger partial charge in [-0.25, -0.2) is 4.79 Å². The molecule has 2 aliphatic rings. The highest BCUT2D eigenvalue weighted by atomic mass is 16.6. The van der Waals surface area contributed by atoms with Crippen LogP contribution in [0.5, 0.6) is 5.75 Å². The van der Waals surface area contributed by atoms with E-state index in [-0.39, 0.29) is 30.1 Å². The van der Waals surface area contributed by atoms with Gasteiger partial charge in [0.2, 0.25) is 0 Å². The summed E-state index contributed by atoms with van der Waals surface area (Å²) in [5.74, 6) is 1.19. The monoisotopic (exact) mass is 521 g/mol. The molecule has 4 rings (SSSR count). The maximum absolute atomic E-state index is 12.2. The van der Waals surface area contributed by atoms with Gasteiger partial charge in [0.05, 0.1) is 5.54 Å². The molecule has 2 atom stereocenters. The van der Waals surface area contributed by atoms with Gasteiger partial charge < -0.3 is 25.3 Å². The summed E-state index contributed by atoms with van der Waals surface area (Å²) in [6.45, 7) is 5.68. The number of amidine groups is 1. The van der Waals surface area contributed by atoms with Crippen LogP contribution in [0, 0.1) is 0 Å². The molecule has 1 heterocycles. The van der Waals surface area contributed by atoms with Crippen LogP contribution in [0.4, 0.5) is 4.79 Å². The molecule has 2 aromatic rings. The van der Waals surface area contributed by atoms with Crippen LogP contribution in [0.25, 0.3) is 0 Å². The minimum atomic E-state index is -0.974. The summed E-state index contributed by atoms with van der Waals surface area (Å²) in [4.78, 5) is 29.3. The lowest BCUT2D eigenvalue weighted by atomic mass is 9.81. The predicted octanol–water partition coefficient (Wildman–Crippen LogP) is 4.71. The Morgan fingerprint density at radius 1 is 1.16 bits per heavy atom. The molecule has 1 fully saturated rings. The summed E-state index contributed by atoms with van der Waals surface area (Å²) in [6.07, 6.45) is 3.95. The molecule has 0 unspecified atom stereocenters. The second-order valence-corrected chi connectivity index (χ2v) is 10.8. The number of alkyl carbamates (subject to hydrolysis) is 1. The number of aryl methyl sites for hydroxylation is 1. The van der Waals surface area contributed by atoms with Crippen molar-refractivity contribution in [3.05, 3.63) is 65.2 Å². The van der Waals surface area contributed by atoms with Crippen molar-refractivity contribution < 1.29 is 23.8 Å². The second-order valence-electron chi connectivity index (χ2n) is 10.8. The van der Waals surface area contributed by atoms with Crippen LogP contribution in [0.2, 0.25) is 0 Å². The van der Waals surface area contributed by atoms with Gasteiger partial charge in [0.15, 0.2) is 11.4 Å². The van der Waals surface area contributed by atoms with E-state index in [1.807, 2.05) is 48.5 Å². The lowest BCUT2D eigenvalue weighted by Crippen LogP contribution is -2.51. The number of ketones is 1. The van der Waals surface area contributed by atoms with Crippen molar-refractivity contribution in [1.29, 1.82) is 0 Å². The highest BCUT2D eigenvalue weighted by Gasteiger charge is 2.42. The van der Waals surface area contributed by atoms with Gasteiger partial charge in [-0.15, -0.1) is 0 Å². The zero-order valence-corrected chi connectivity index (χ0v) is 22.8. The lowest BCUT2D eigenvalue weighted by molar-refractivity contribution is -0.149. The molecule has 0 spiro atoms. The maximum atomic E-state index is 12.2. The smallest absolute Gasteiger partial charge is 0.407 e. The summed E-state index contributed by atoms with van der Waals surface area (Å²) < 4.78 is 17.1. The SMILES string of the molecule is CO[C@](C)(C(C)=O)[C@H]1CCc2cc(C(N)=NC3(C)CCC(NC(=O)OCc4ccccc4)CC3)ccc2O1. The van der Waals surface area contributed by atoms with E-state index in [0.29, 0.717) is 12.3 Å². The Morgan fingerprint density at radius 2 is 1.87 bits per heavy atom. The molecule has 2 aromatic carbocycles. The number of nitrogens with zero attached hydrogens (tertiary/aromatic N) is 1. The third-order valence-corrected chi connectivity index (χ3v) is 8.03. The van der Waals surface area contributed by atoms with Crippen LogP contribution < -0.4 is 15.8 Å². The first-order valence-corrected chi connectivity index (χ1v) is 13.3. The van der Waals surface area contributed by atoms with Crippen LogP contribution in [0.3, 0.4) is 0 Å². The van der Waals surface area contributed by atoms with E-state index >= 15 is 0 Å². The first-order valence-electron chi connectivity index (χ1n) is 13.3. The zero-order chi connectivity index (χ0) is 27.3. The van der Waals surface area contributed by atoms with Gasteiger partial charge in [0.1, 0.15) is 24.3 Å². The molecule has 0 radical (unpaired) electrons. The van der Waals surface area contributed by atoms with Crippen molar-refractivity contribution >= 4 is 17.7 Å². The number of carbonyl (C=O) groups excluding carboxylic acids is 2. The van der Waals surface area contributed by atoms with Crippen molar-refractivity contribution in [1.82, 2.24) is 5.32 Å². The van der Waals surface area contributed by atoms with Crippen molar-refractivity contribution in [2.24, 2.45) is 10.7 Å². The van der Waals surface area contributed by atoms with Gasteiger partial charge in [0, 0.05) is 18.7 Å². The highest BCUT2D eigenvalue weighted by Crippen LogP contribution is 2.35. The molecule has 8 nitrogen and oxygen atoms in total. The number of carbonyl (C=O) groups is 2. The van der Waals surface area contributed by atoms with E-state index in [9.17, 15) is 9.59 Å². The normalized spacial score (nSPS) is 24.9. The number of benzene rings is 2. The number of methoxy groups -OCH3 is 1. The topological polar surface area (TPSA) is 112 Å². The molecule has 1 saturated carbocycles. The Hall–Kier alpha value is -3.39. The number of amides is 1. The first-order chi connectivity index (χ1) is 18.1. The molecule has 1 amide bonds. The minimum Gasteiger partial charge on any atom is -0.487 e. The van der Waals surface area contributed by atoms with Gasteiger partial charge in [-0.2, -0.15) is 0 Å². The first kappa shape index (κ1) is 27.6. The molecular formula is C30H39N3O5. The van der Waals surface area contributed by atoms with E-state index in [1.54, 1.807) is 14.0 Å². The van der Waals surface area contributed by atoms with Crippen molar-refractivity contribution in [3.63, 3.8) is 0 Å². The summed E-state index contributed by atoms with van der Waals surface area (Å²) in [7, 11) is 1.54. The maximum Gasteiger partial charge on any atom is 0.407 e.